The summed E-state index contributed by atoms with van der Waals surface area (Å²) >= 11 is 0. The molecule has 6 aromatic rings. The lowest BCUT2D eigenvalue weighted by Crippen LogP contribution is -2.23. The third-order valence-electron chi connectivity index (χ3n) is 11.2. The Bertz CT molecular complexity index is 2430. The number of rotatable bonds is 16. The van der Waals surface area contributed by atoms with Crippen molar-refractivity contribution in [3.05, 3.63) is 190 Å². The first-order valence-corrected chi connectivity index (χ1v) is 20.2. The molecule has 0 radical (unpaired) electrons. The first-order chi connectivity index (χ1) is 28.9. The third-order valence-corrected chi connectivity index (χ3v) is 11.2. The molecule has 6 rings (SSSR count). The van der Waals surface area contributed by atoms with Crippen molar-refractivity contribution < 1.29 is 38.1 Å². The number of Topliss-reactive ketones (excluding diaryl/α,β-unsaturated/α-hetero) is 1. The molecule has 0 aromatic heterocycles. The summed E-state index contributed by atoms with van der Waals surface area (Å²) < 4.78 is 22.4. The molecule has 0 spiro atoms. The molecule has 8 nitrogen and oxygen atoms in total. The van der Waals surface area contributed by atoms with Crippen molar-refractivity contribution in [2.24, 2.45) is 0 Å². The summed E-state index contributed by atoms with van der Waals surface area (Å²) in [5, 5.41) is 0. The van der Waals surface area contributed by atoms with Crippen LogP contribution >= 0.6 is 0 Å². The molecule has 6 aromatic carbocycles. The van der Waals surface area contributed by atoms with Crippen molar-refractivity contribution >= 4 is 23.7 Å². The molecule has 0 aliphatic heterocycles. The lowest BCUT2D eigenvalue weighted by molar-refractivity contribution is 0.0721. The maximum Gasteiger partial charge on any atom is 0.343 e. The van der Waals surface area contributed by atoms with Crippen molar-refractivity contribution in [2.45, 2.75) is 71.1 Å². The predicted molar refractivity (Wildman–Crippen MR) is 233 cm³/mol. The van der Waals surface area contributed by atoms with Gasteiger partial charge in [0.25, 0.3) is 0 Å². The molecule has 0 heterocycles. The highest BCUT2D eigenvalue weighted by molar-refractivity contribution is 5.97. The maximum atomic E-state index is 13.3. The van der Waals surface area contributed by atoms with Crippen LogP contribution in [0.2, 0.25) is 0 Å². The molecule has 60 heavy (non-hydrogen) atoms. The second-order valence-electron chi connectivity index (χ2n) is 15.3. The number of carbonyl (C=O) groups excluding carboxylic acids is 4. The number of carbonyl (C=O) groups is 4. The predicted octanol–water partition coefficient (Wildman–Crippen LogP) is 11.8. The SMILES string of the molecule is CCCC(C)(c1ccc(OC)cc1)c1ccc(OC(=O)c2cccc(C(=O)Oc3ccc(C(C)(CCC)c4ccc(OC(=O)c5ccc(C(C)=O)cc5)cc4)cc3)c2)cc1. The Kier molecular flexibility index (Phi) is 13.4. The number of benzene rings is 6. The number of ketones is 1. The Morgan fingerprint density at radius 3 is 1.07 bits per heavy atom. The highest BCUT2D eigenvalue weighted by Gasteiger charge is 2.30. The van der Waals surface area contributed by atoms with Gasteiger partial charge in [-0.25, -0.2) is 14.4 Å². The summed E-state index contributed by atoms with van der Waals surface area (Å²) in [6.07, 6.45) is 3.67. The van der Waals surface area contributed by atoms with E-state index < -0.39 is 17.9 Å². The van der Waals surface area contributed by atoms with Crippen LogP contribution in [0.3, 0.4) is 0 Å². The number of ether oxygens (including phenoxy) is 4. The van der Waals surface area contributed by atoms with Crippen molar-refractivity contribution in [1.82, 2.24) is 0 Å². The molecule has 8 heteroatoms. The summed E-state index contributed by atoms with van der Waals surface area (Å²) in [4.78, 5) is 50.9. The van der Waals surface area contributed by atoms with Gasteiger partial charge in [-0.15, -0.1) is 0 Å². The molecule has 306 valence electrons. The summed E-state index contributed by atoms with van der Waals surface area (Å²) in [5.41, 5.74) is 5.01. The summed E-state index contributed by atoms with van der Waals surface area (Å²) in [5.74, 6) is 0.189. The second kappa shape index (κ2) is 18.9. The van der Waals surface area contributed by atoms with E-state index in [1.165, 1.54) is 18.6 Å². The van der Waals surface area contributed by atoms with Gasteiger partial charge in [-0.3, -0.25) is 4.79 Å². The minimum atomic E-state index is -0.605. The zero-order chi connectivity index (χ0) is 42.9. The molecule has 0 aliphatic carbocycles. The smallest absolute Gasteiger partial charge is 0.343 e. The van der Waals surface area contributed by atoms with E-state index in [2.05, 4.69) is 39.8 Å². The average molecular weight is 803 g/mol. The number of esters is 3. The first-order valence-electron chi connectivity index (χ1n) is 20.2. The van der Waals surface area contributed by atoms with Gasteiger partial charge < -0.3 is 18.9 Å². The lowest BCUT2D eigenvalue weighted by atomic mass is 9.73. The summed E-state index contributed by atoms with van der Waals surface area (Å²) in [7, 11) is 1.65. The number of hydrogen-bond donors (Lipinski definition) is 0. The summed E-state index contributed by atoms with van der Waals surface area (Å²) in [6, 6.07) is 43.2. The quantitative estimate of drug-likeness (QED) is 0.0541. The van der Waals surface area contributed by atoms with Crippen LogP contribution in [0, 0.1) is 0 Å². The molecule has 0 saturated carbocycles. The fourth-order valence-electron chi connectivity index (χ4n) is 7.65. The number of methoxy groups -OCH3 is 1. The molecule has 0 N–H and O–H groups in total. The van der Waals surface area contributed by atoms with Gasteiger partial charge in [-0.2, -0.15) is 0 Å². The van der Waals surface area contributed by atoms with E-state index in [1.54, 1.807) is 86.0 Å². The molecule has 0 saturated heterocycles. The largest absolute Gasteiger partial charge is 0.497 e. The van der Waals surface area contributed by atoms with E-state index in [0.717, 1.165) is 48.1 Å². The van der Waals surface area contributed by atoms with Crippen LogP contribution in [0.1, 0.15) is 124 Å². The Hall–Kier alpha value is -6.80. The molecule has 0 fully saturated rings. The Morgan fingerprint density at radius 2 is 0.750 bits per heavy atom. The number of hydrogen-bond acceptors (Lipinski definition) is 8. The molecule has 0 bridgehead atoms. The van der Waals surface area contributed by atoms with Gasteiger partial charge in [-0.1, -0.05) is 107 Å². The van der Waals surface area contributed by atoms with Crippen LogP contribution in [0.5, 0.6) is 23.0 Å². The van der Waals surface area contributed by atoms with E-state index in [-0.39, 0.29) is 27.7 Å². The molecule has 0 amide bonds. The van der Waals surface area contributed by atoms with Gasteiger partial charge >= 0.3 is 17.9 Å². The van der Waals surface area contributed by atoms with Crippen LogP contribution in [0.25, 0.3) is 0 Å². The van der Waals surface area contributed by atoms with Crippen molar-refractivity contribution in [3.63, 3.8) is 0 Å². The van der Waals surface area contributed by atoms with Crippen molar-refractivity contribution in [1.29, 1.82) is 0 Å². The average Bonchev–Trinajstić information content (AvgIpc) is 3.27. The Morgan fingerprint density at radius 1 is 0.433 bits per heavy atom. The molecular formula is C52H50O8. The van der Waals surface area contributed by atoms with E-state index in [9.17, 15) is 19.2 Å². The van der Waals surface area contributed by atoms with E-state index in [4.69, 9.17) is 18.9 Å². The van der Waals surface area contributed by atoms with Crippen molar-refractivity contribution in [2.75, 3.05) is 7.11 Å². The zero-order valence-corrected chi connectivity index (χ0v) is 35.0. The first kappa shape index (κ1) is 42.8. The van der Waals surface area contributed by atoms with E-state index >= 15 is 0 Å². The molecular weight excluding hydrogens is 753 g/mol. The minimum Gasteiger partial charge on any atom is -0.497 e. The topological polar surface area (TPSA) is 105 Å². The molecule has 0 aliphatic rings. The summed E-state index contributed by atoms with van der Waals surface area (Å²) in [6.45, 7) is 10.1. The van der Waals surface area contributed by atoms with Gasteiger partial charge in [0.2, 0.25) is 0 Å². The standard InChI is InChI=1S/C52H50O8/c1-7-32-51(4,40-16-24-44(57-6)25-17-40)41-20-28-46(29-21-41)59-49(55)38-10-9-11-39(34-38)50(56)60-47-30-22-43(23-31-47)52(5,33-8-2)42-18-26-45(27-19-42)58-48(54)37-14-12-36(13-15-37)35(3)53/h9-31,34H,7-8,32-33H2,1-6H3. The zero-order valence-electron chi connectivity index (χ0n) is 35.0. The fourth-order valence-corrected chi connectivity index (χ4v) is 7.65. The van der Waals surface area contributed by atoms with Crippen LogP contribution in [0.15, 0.2) is 146 Å². The van der Waals surface area contributed by atoms with Gasteiger partial charge in [0.1, 0.15) is 23.0 Å². The van der Waals surface area contributed by atoms with Crippen LogP contribution in [-0.4, -0.2) is 30.8 Å². The minimum absolute atomic E-state index is 0.0750. The molecule has 2 unspecified atom stereocenters. The second-order valence-corrected chi connectivity index (χ2v) is 15.3. The van der Waals surface area contributed by atoms with Crippen LogP contribution in [-0.2, 0) is 10.8 Å². The normalized spacial score (nSPS) is 13.0. The Labute approximate surface area is 352 Å². The van der Waals surface area contributed by atoms with Gasteiger partial charge in [0.15, 0.2) is 5.78 Å². The highest BCUT2D eigenvalue weighted by Crippen LogP contribution is 2.39. The molecule has 2 atom stereocenters. The van der Waals surface area contributed by atoms with Gasteiger partial charge in [0.05, 0.1) is 23.8 Å². The fraction of sp³-hybridized carbons (Fsp3) is 0.231. The lowest BCUT2D eigenvalue weighted by Gasteiger charge is -2.31. The maximum absolute atomic E-state index is 13.3. The van der Waals surface area contributed by atoms with Crippen LogP contribution < -0.4 is 18.9 Å². The highest BCUT2D eigenvalue weighted by atomic mass is 16.5. The van der Waals surface area contributed by atoms with Crippen molar-refractivity contribution in [3.8, 4) is 23.0 Å². The van der Waals surface area contributed by atoms with Gasteiger partial charge in [0, 0.05) is 16.4 Å². The third kappa shape index (κ3) is 9.72. The van der Waals surface area contributed by atoms with Crippen LogP contribution in [0.4, 0.5) is 0 Å². The van der Waals surface area contributed by atoms with Gasteiger partial charge in [-0.05, 0) is 121 Å². The Balaban J connectivity index is 1.09. The van der Waals surface area contributed by atoms with E-state index in [1.807, 2.05) is 48.5 Å². The monoisotopic (exact) mass is 802 g/mol. The van der Waals surface area contributed by atoms with E-state index in [0.29, 0.717) is 28.4 Å².